The summed E-state index contributed by atoms with van der Waals surface area (Å²) in [6.45, 7) is 0. The van der Waals surface area contributed by atoms with Crippen LogP contribution in [0.25, 0.3) is 66.8 Å². The van der Waals surface area contributed by atoms with E-state index in [1.165, 1.54) is 61.2 Å². The van der Waals surface area contributed by atoms with Crippen LogP contribution in [0.15, 0.2) is 249 Å². The van der Waals surface area contributed by atoms with Crippen LogP contribution < -0.4 is 9.64 Å². The molecule has 2 unspecified atom stereocenters. The molecule has 62 heavy (non-hydrogen) atoms. The Balaban J connectivity index is 0.900. The maximum atomic E-state index is 6.48. The molecule has 0 bridgehead atoms. The van der Waals surface area contributed by atoms with Crippen molar-refractivity contribution >= 4 is 17.1 Å². The molecule has 0 aromatic heterocycles. The molecule has 1 aliphatic carbocycles. The molecule has 2 aliphatic rings. The number of hydrogen-bond donors (Lipinski definition) is 0. The molecule has 9 aromatic carbocycles. The second-order valence-corrected chi connectivity index (χ2v) is 16.0. The standard InChI is InChI=1S/C60H43NO/c1-4-12-42(13-5-1)44-20-22-45(23-21-44)48-30-36-53(37-31-48)61(52-34-28-47(29-35-52)43-14-6-2-7-15-43)54-38-32-49(33-39-54)46-24-26-51(27-25-46)57-41-60-58(55-18-10-11-19-59(55)62-60)40-56(57)50-16-8-3-9-17-50/h1-41,55,59H. The van der Waals surface area contributed by atoms with E-state index in [4.69, 9.17) is 4.74 Å². The number of ether oxygens (including phenoxy) is 1. The Kier molecular flexibility index (Phi) is 9.72. The van der Waals surface area contributed by atoms with E-state index in [0.717, 1.165) is 33.9 Å². The Bertz CT molecular complexity index is 3020. The van der Waals surface area contributed by atoms with Gasteiger partial charge < -0.3 is 9.64 Å². The van der Waals surface area contributed by atoms with Gasteiger partial charge in [-0.2, -0.15) is 0 Å². The van der Waals surface area contributed by atoms with E-state index in [2.05, 4.69) is 254 Å². The van der Waals surface area contributed by atoms with Crippen LogP contribution in [0, 0.1) is 0 Å². The summed E-state index contributed by atoms with van der Waals surface area (Å²) < 4.78 is 6.48. The lowest BCUT2D eigenvalue weighted by molar-refractivity contribution is 0.269. The first-order valence-electron chi connectivity index (χ1n) is 21.4. The summed E-state index contributed by atoms with van der Waals surface area (Å²) >= 11 is 0. The van der Waals surface area contributed by atoms with Crippen LogP contribution in [0.3, 0.4) is 0 Å². The summed E-state index contributed by atoms with van der Waals surface area (Å²) in [5, 5.41) is 0. The summed E-state index contributed by atoms with van der Waals surface area (Å²) in [5.41, 5.74) is 18.8. The monoisotopic (exact) mass is 793 g/mol. The van der Waals surface area contributed by atoms with Gasteiger partial charge in [0.15, 0.2) is 0 Å². The highest BCUT2D eigenvalue weighted by Gasteiger charge is 2.33. The largest absolute Gasteiger partial charge is 0.485 e. The van der Waals surface area contributed by atoms with Gasteiger partial charge in [0.25, 0.3) is 0 Å². The van der Waals surface area contributed by atoms with Crippen molar-refractivity contribution < 1.29 is 4.74 Å². The summed E-state index contributed by atoms with van der Waals surface area (Å²) in [6, 6.07) is 80.9. The summed E-state index contributed by atoms with van der Waals surface area (Å²) in [5.74, 6) is 1.21. The van der Waals surface area contributed by atoms with Crippen molar-refractivity contribution in [3.05, 3.63) is 254 Å². The molecule has 0 fully saturated rings. The maximum Gasteiger partial charge on any atom is 0.128 e. The van der Waals surface area contributed by atoms with E-state index < -0.39 is 0 Å². The SMILES string of the molecule is C1=CC2Oc3cc(-c4ccc(-c5ccc(N(c6ccc(-c7ccccc7)cc6)c6ccc(-c7ccc(-c8ccccc8)cc7)cc6)cc5)cc4)c(-c4ccccc4)cc3C2C=C1. The minimum absolute atomic E-state index is 0.0478. The Morgan fingerprint density at radius 1 is 0.306 bits per heavy atom. The molecule has 0 N–H and O–H groups in total. The zero-order valence-corrected chi connectivity index (χ0v) is 34.2. The van der Waals surface area contributed by atoms with Gasteiger partial charge in [-0.1, -0.05) is 194 Å². The minimum atomic E-state index is 0.0478. The van der Waals surface area contributed by atoms with Crippen LogP contribution >= 0.6 is 0 Å². The molecule has 2 heteroatoms. The van der Waals surface area contributed by atoms with Gasteiger partial charge in [-0.05, 0) is 121 Å². The van der Waals surface area contributed by atoms with Crippen LogP contribution in [-0.4, -0.2) is 6.10 Å². The fourth-order valence-corrected chi connectivity index (χ4v) is 9.00. The Labute approximate surface area is 364 Å². The van der Waals surface area contributed by atoms with Crippen molar-refractivity contribution in [2.45, 2.75) is 12.0 Å². The van der Waals surface area contributed by atoms with Crippen molar-refractivity contribution in [3.8, 4) is 72.5 Å². The lowest BCUT2D eigenvalue weighted by Gasteiger charge is -2.26. The van der Waals surface area contributed by atoms with Gasteiger partial charge in [-0.25, -0.2) is 0 Å². The minimum Gasteiger partial charge on any atom is -0.485 e. The van der Waals surface area contributed by atoms with Crippen molar-refractivity contribution in [1.82, 2.24) is 0 Å². The zero-order chi connectivity index (χ0) is 41.2. The highest BCUT2D eigenvalue weighted by molar-refractivity contribution is 5.87. The second-order valence-electron chi connectivity index (χ2n) is 16.0. The Morgan fingerprint density at radius 2 is 0.629 bits per heavy atom. The van der Waals surface area contributed by atoms with E-state index in [-0.39, 0.29) is 12.0 Å². The first-order chi connectivity index (χ1) is 30.7. The summed E-state index contributed by atoms with van der Waals surface area (Å²) in [7, 11) is 0. The highest BCUT2D eigenvalue weighted by Crippen LogP contribution is 2.47. The van der Waals surface area contributed by atoms with E-state index >= 15 is 0 Å². The number of nitrogens with zero attached hydrogens (tertiary/aromatic N) is 1. The average Bonchev–Trinajstić information content (AvgIpc) is 3.73. The number of hydrogen-bond acceptors (Lipinski definition) is 2. The van der Waals surface area contributed by atoms with Crippen molar-refractivity contribution in [1.29, 1.82) is 0 Å². The molecule has 294 valence electrons. The third-order valence-corrected chi connectivity index (χ3v) is 12.3. The predicted molar refractivity (Wildman–Crippen MR) is 259 cm³/mol. The zero-order valence-electron chi connectivity index (χ0n) is 34.2. The van der Waals surface area contributed by atoms with Gasteiger partial charge in [0, 0.05) is 28.5 Å². The molecule has 0 saturated carbocycles. The molecule has 0 saturated heterocycles. The van der Waals surface area contributed by atoms with Crippen LogP contribution in [0.4, 0.5) is 17.1 Å². The van der Waals surface area contributed by atoms with Gasteiger partial charge in [0.2, 0.25) is 0 Å². The van der Waals surface area contributed by atoms with Gasteiger partial charge in [-0.15, -0.1) is 0 Å². The normalized spacial score (nSPS) is 14.8. The number of rotatable bonds is 9. The lowest BCUT2D eigenvalue weighted by atomic mass is 9.86. The topological polar surface area (TPSA) is 12.5 Å². The second kappa shape index (κ2) is 16.3. The highest BCUT2D eigenvalue weighted by atomic mass is 16.5. The van der Waals surface area contributed by atoms with Crippen LogP contribution in [-0.2, 0) is 0 Å². The first kappa shape index (κ1) is 37.1. The summed E-state index contributed by atoms with van der Waals surface area (Å²) in [4.78, 5) is 2.34. The number of benzene rings is 9. The third kappa shape index (κ3) is 7.23. The molecule has 0 amide bonds. The van der Waals surface area contributed by atoms with E-state index in [9.17, 15) is 0 Å². The smallest absolute Gasteiger partial charge is 0.128 e. The van der Waals surface area contributed by atoms with E-state index in [0.29, 0.717) is 0 Å². The maximum absolute atomic E-state index is 6.48. The quantitative estimate of drug-likeness (QED) is 0.144. The average molecular weight is 794 g/mol. The van der Waals surface area contributed by atoms with Crippen LogP contribution in [0.1, 0.15) is 11.5 Å². The molecule has 9 aromatic rings. The Morgan fingerprint density at radius 3 is 1.06 bits per heavy atom. The molecule has 2 nitrogen and oxygen atoms in total. The van der Waals surface area contributed by atoms with Crippen LogP contribution in [0.5, 0.6) is 5.75 Å². The molecule has 0 spiro atoms. The molecule has 1 aliphatic heterocycles. The van der Waals surface area contributed by atoms with Gasteiger partial charge in [-0.3, -0.25) is 0 Å². The fourth-order valence-electron chi connectivity index (χ4n) is 9.00. The van der Waals surface area contributed by atoms with Crippen molar-refractivity contribution in [2.75, 3.05) is 4.90 Å². The van der Waals surface area contributed by atoms with Gasteiger partial charge in [0.05, 0.1) is 0 Å². The number of anilines is 3. The molecule has 2 atom stereocenters. The number of fused-ring (bicyclic) bond motifs is 3. The first-order valence-corrected chi connectivity index (χ1v) is 21.4. The third-order valence-electron chi connectivity index (χ3n) is 12.3. The lowest BCUT2D eigenvalue weighted by Crippen LogP contribution is -2.15. The molecular formula is C60H43NO. The molecule has 0 radical (unpaired) electrons. The van der Waals surface area contributed by atoms with Crippen molar-refractivity contribution in [3.63, 3.8) is 0 Å². The molecule has 1 heterocycles. The number of allylic oxidation sites excluding steroid dienone is 2. The van der Waals surface area contributed by atoms with E-state index in [1.807, 2.05) is 0 Å². The van der Waals surface area contributed by atoms with Gasteiger partial charge in [0.1, 0.15) is 11.9 Å². The van der Waals surface area contributed by atoms with Gasteiger partial charge >= 0.3 is 0 Å². The Hall–Kier alpha value is -7.94. The molecular weight excluding hydrogens is 751 g/mol. The summed E-state index contributed by atoms with van der Waals surface area (Å²) in [6.07, 6.45) is 8.69. The molecule has 11 rings (SSSR count). The van der Waals surface area contributed by atoms with Crippen molar-refractivity contribution in [2.24, 2.45) is 0 Å². The van der Waals surface area contributed by atoms with E-state index in [1.54, 1.807) is 0 Å². The fraction of sp³-hybridized carbons (Fsp3) is 0.0333. The van der Waals surface area contributed by atoms with Crippen LogP contribution in [0.2, 0.25) is 0 Å². The predicted octanol–water partition coefficient (Wildman–Crippen LogP) is 16.1.